The van der Waals surface area contributed by atoms with Crippen molar-refractivity contribution in [1.29, 1.82) is 0 Å². The minimum atomic E-state index is -0.608. The highest BCUT2D eigenvalue weighted by Crippen LogP contribution is 2.23. The molecule has 2 aromatic heterocycles. The summed E-state index contributed by atoms with van der Waals surface area (Å²) in [7, 11) is 0. The lowest BCUT2D eigenvalue weighted by Crippen LogP contribution is -2.47. The van der Waals surface area contributed by atoms with Crippen molar-refractivity contribution >= 4 is 6.03 Å². The van der Waals surface area contributed by atoms with Crippen LogP contribution in [-0.2, 0) is 0 Å². The van der Waals surface area contributed by atoms with E-state index in [-0.39, 0.29) is 6.04 Å². The number of tetrazole rings is 1. The van der Waals surface area contributed by atoms with Gasteiger partial charge in [0.2, 0.25) is 0 Å². The molecule has 0 spiro atoms. The molecule has 1 fully saturated rings. The van der Waals surface area contributed by atoms with E-state index in [4.69, 9.17) is 4.52 Å². The third kappa shape index (κ3) is 2.74. The van der Waals surface area contributed by atoms with Crippen molar-refractivity contribution in [3.05, 3.63) is 21.9 Å². The molecule has 9 heteroatoms. The predicted octanol–water partition coefficient (Wildman–Crippen LogP) is 1.66. The van der Waals surface area contributed by atoms with Crippen LogP contribution in [0, 0.1) is 13.8 Å². The van der Waals surface area contributed by atoms with Crippen molar-refractivity contribution in [2.24, 2.45) is 0 Å². The number of carbonyl (C=O) groups excluding carboxylic acids is 1. The maximum absolute atomic E-state index is 12.8. The molecule has 1 amide bonds. The van der Waals surface area contributed by atoms with Gasteiger partial charge < -0.3 is 9.42 Å². The van der Waals surface area contributed by atoms with Crippen molar-refractivity contribution in [2.75, 3.05) is 6.54 Å². The fraction of sp³-hybridized carbons (Fsp3) is 0.667. The molecule has 2 aromatic rings. The van der Waals surface area contributed by atoms with Gasteiger partial charge in [0.1, 0.15) is 11.4 Å². The molecule has 9 nitrogen and oxygen atoms in total. The highest BCUT2D eigenvalue weighted by Gasteiger charge is 2.28. The first-order chi connectivity index (χ1) is 11.5. The molecule has 2 heterocycles. The van der Waals surface area contributed by atoms with E-state index in [1.165, 1.54) is 6.42 Å². The third-order valence-electron chi connectivity index (χ3n) is 4.57. The van der Waals surface area contributed by atoms with E-state index in [1.807, 2.05) is 6.92 Å². The number of amides is 1. The van der Waals surface area contributed by atoms with E-state index in [2.05, 4.69) is 15.6 Å². The van der Waals surface area contributed by atoms with Crippen LogP contribution in [0.4, 0.5) is 4.79 Å². The van der Waals surface area contributed by atoms with Gasteiger partial charge in [0.25, 0.3) is 0 Å². The second kappa shape index (κ2) is 6.58. The highest BCUT2D eigenvalue weighted by molar-refractivity contribution is 5.75. The Labute approximate surface area is 139 Å². The Bertz CT molecular complexity index is 764. The summed E-state index contributed by atoms with van der Waals surface area (Å²) in [6.45, 7) is 5.84. The van der Waals surface area contributed by atoms with E-state index >= 15 is 0 Å². The molecule has 24 heavy (non-hydrogen) atoms. The molecular formula is C15H22N6O3. The summed E-state index contributed by atoms with van der Waals surface area (Å²) in [6, 6.07) is -0.264. The first-order valence-electron chi connectivity index (χ1n) is 8.33. The highest BCUT2D eigenvalue weighted by atomic mass is 16.5. The van der Waals surface area contributed by atoms with Gasteiger partial charge in [-0.15, -0.1) is 4.68 Å². The summed E-state index contributed by atoms with van der Waals surface area (Å²) in [5, 5.41) is 11.4. The van der Waals surface area contributed by atoms with Crippen molar-refractivity contribution in [2.45, 2.75) is 58.9 Å². The first-order valence-corrected chi connectivity index (χ1v) is 8.33. The summed E-state index contributed by atoms with van der Waals surface area (Å²) >= 11 is 0. The molecule has 0 saturated heterocycles. The van der Waals surface area contributed by atoms with Gasteiger partial charge in [-0.3, -0.25) is 0 Å². The van der Waals surface area contributed by atoms with Crippen LogP contribution < -0.4 is 5.69 Å². The summed E-state index contributed by atoms with van der Waals surface area (Å²) in [5.74, 6) is 0.453. The Balaban J connectivity index is 1.92. The van der Waals surface area contributed by atoms with Crippen LogP contribution in [0.5, 0.6) is 0 Å². The second-order valence-electron chi connectivity index (χ2n) is 6.12. The number of hydrogen-bond acceptors (Lipinski definition) is 6. The van der Waals surface area contributed by atoms with Gasteiger partial charge in [0.05, 0.1) is 0 Å². The maximum atomic E-state index is 12.8. The fourth-order valence-corrected chi connectivity index (χ4v) is 3.35. The molecule has 0 bridgehead atoms. The standard InChI is InChI=1S/C15H22N6O3/c1-4-19(12-8-6-5-7-9-12)14(22)21-15(23)20(17-18-21)13-10(2)16-24-11(13)3/h12H,4-9H2,1-3H3. The maximum Gasteiger partial charge on any atom is 0.377 e. The largest absolute Gasteiger partial charge is 0.377 e. The molecule has 0 atom stereocenters. The number of aryl methyl sites for hydroxylation is 2. The van der Waals surface area contributed by atoms with Crippen molar-refractivity contribution < 1.29 is 9.32 Å². The van der Waals surface area contributed by atoms with Crippen LogP contribution in [-0.4, -0.2) is 48.5 Å². The summed E-state index contributed by atoms with van der Waals surface area (Å²) in [4.78, 5) is 27.1. The van der Waals surface area contributed by atoms with Crippen LogP contribution in [0.25, 0.3) is 5.69 Å². The zero-order chi connectivity index (χ0) is 17.3. The average molecular weight is 334 g/mol. The lowest BCUT2D eigenvalue weighted by molar-refractivity contribution is 0.157. The van der Waals surface area contributed by atoms with E-state index < -0.39 is 11.7 Å². The van der Waals surface area contributed by atoms with Gasteiger partial charge in [0, 0.05) is 12.6 Å². The normalized spacial score (nSPS) is 15.6. The van der Waals surface area contributed by atoms with Crippen LogP contribution in [0.2, 0.25) is 0 Å². The molecule has 1 aliphatic carbocycles. The summed E-state index contributed by atoms with van der Waals surface area (Å²) < 4.78 is 6.94. The van der Waals surface area contributed by atoms with Crippen molar-refractivity contribution in [1.82, 2.24) is 29.8 Å². The van der Waals surface area contributed by atoms with Crippen LogP contribution in [0.3, 0.4) is 0 Å². The van der Waals surface area contributed by atoms with Crippen LogP contribution in [0.1, 0.15) is 50.5 Å². The predicted molar refractivity (Wildman–Crippen MR) is 85.2 cm³/mol. The van der Waals surface area contributed by atoms with E-state index in [1.54, 1.807) is 18.7 Å². The average Bonchev–Trinajstić information content (AvgIpc) is 3.11. The molecule has 0 aromatic carbocycles. The van der Waals surface area contributed by atoms with Gasteiger partial charge in [-0.25, -0.2) is 9.59 Å². The van der Waals surface area contributed by atoms with Crippen LogP contribution in [0.15, 0.2) is 9.32 Å². The number of aromatic nitrogens is 5. The van der Waals surface area contributed by atoms with Gasteiger partial charge in [0.15, 0.2) is 5.76 Å². The van der Waals surface area contributed by atoms with Crippen LogP contribution >= 0.6 is 0 Å². The number of carbonyl (C=O) groups is 1. The van der Waals surface area contributed by atoms with E-state index in [9.17, 15) is 9.59 Å². The Kier molecular flexibility index (Phi) is 4.50. The SMILES string of the molecule is CCN(C(=O)n1nnn(-c2c(C)noc2C)c1=O)C1CCCCC1. The third-order valence-corrected chi connectivity index (χ3v) is 4.57. The minimum absolute atomic E-state index is 0.160. The number of rotatable bonds is 3. The topological polar surface area (TPSA) is 99.1 Å². The Morgan fingerprint density at radius 2 is 1.96 bits per heavy atom. The molecule has 0 aliphatic heterocycles. The van der Waals surface area contributed by atoms with Crippen molar-refractivity contribution in [3.63, 3.8) is 0 Å². The summed E-state index contributed by atoms with van der Waals surface area (Å²) in [6.07, 6.45) is 5.34. The molecule has 1 aliphatic rings. The van der Waals surface area contributed by atoms with Crippen molar-refractivity contribution in [3.8, 4) is 5.69 Å². The van der Waals surface area contributed by atoms with Gasteiger partial charge in [-0.05, 0) is 44.0 Å². The smallest absolute Gasteiger partial charge is 0.359 e. The van der Waals surface area contributed by atoms with E-state index in [0.717, 1.165) is 35.0 Å². The monoisotopic (exact) mass is 334 g/mol. The lowest BCUT2D eigenvalue weighted by Gasteiger charge is -2.32. The molecule has 1 saturated carbocycles. The molecule has 0 unspecified atom stereocenters. The molecule has 0 radical (unpaired) electrons. The lowest BCUT2D eigenvalue weighted by atomic mass is 9.94. The zero-order valence-corrected chi connectivity index (χ0v) is 14.2. The van der Waals surface area contributed by atoms with Gasteiger partial charge >= 0.3 is 11.7 Å². The first kappa shape index (κ1) is 16.4. The molecule has 3 rings (SSSR count). The molecule has 0 N–H and O–H groups in total. The minimum Gasteiger partial charge on any atom is -0.359 e. The van der Waals surface area contributed by atoms with Gasteiger partial charge in [-0.1, -0.05) is 24.4 Å². The van der Waals surface area contributed by atoms with Gasteiger partial charge in [-0.2, -0.15) is 4.68 Å². The zero-order valence-electron chi connectivity index (χ0n) is 14.2. The number of nitrogens with zero attached hydrogens (tertiary/aromatic N) is 6. The number of hydrogen-bond donors (Lipinski definition) is 0. The summed E-state index contributed by atoms with van der Waals surface area (Å²) in [5.41, 5.74) is 0.345. The Morgan fingerprint density at radius 3 is 2.54 bits per heavy atom. The second-order valence-corrected chi connectivity index (χ2v) is 6.12. The molecular weight excluding hydrogens is 312 g/mol. The molecule has 130 valence electrons. The fourth-order valence-electron chi connectivity index (χ4n) is 3.35. The Hall–Kier alpha value is -2.45. The quantitative estimate of drug-likeness (QED) is 0.792. The van der Waals surface area contributed by atoms with E-state index in [0.29, 0.717) is 23.7 Å². The Morgan fingerprint density at radius 1 is 1.25 bits per heavy atom.